The van der Waals surface area contributed by atoms with Crippen LogP contribution in [0.25, 0.3) is 0 Å². The van der Waals surface area contributed by atoms with E-state index in [4.69, 9.17) is 9.47 Å². The molecule has 2 amide bonds. The lowest BCUT2D eigenvalue weighted by atomic mass is 10.1. The molecule has 190 valence electrons. The molecule has 2 N–H and O–H groups in total. The van der Waals surface area contributed by atoms with E-state index in [1.165, 1.54) is 17.1 Å². The van der Waals surface area contributed by atoms with Crippen molar-refractivity contribution >= 4 is 23.3 Å². The summed E-state index contributed by atoms with van der Waals surface area (Å²) in [4.78, 5) is 33.7. The van der Waals surface area contributed by atoms with Gasteiger partial charge in [-0.1, -0.05) is 17.7 Å². The number of carbonyl (C=O) groups excluding carboxylic acids is 2. The number of nitrogens with zero attached hydrogens (tertiary/aromatic N) is 5. The van der Waals surface area contributed by atoms with Crippen molar-refractivity contribution in [1.29, 1.82) is 0 Å². The maximum Gasteiger partial charge on any atom is 0.310 e. The SMILES string of the molecule is Cc1ccc(OCCN(C)C(=O)Cn2cc(NC(=O)[C@@H]3C[C@@H](Nc4ccnc(F)n4)CO3)cn2)cc1. The number of benzene rings is 1. The van der Waals surface area contributed by atoms with Crippen LogP contribution in [0.1, 0.15) is 12.0 Å². The van der Waals surface area contributed by atoms with Crippen molar-refractivity contribution in [3.05, 3.63) is 60.6 Å². The Balaban J connectivity index is 1.19. The summed E-state index contributed by atoms with van der Waals surface area (Å²) in [5.41, 5.74) is 1.61. The van der Waals surface area contributed by atoms with Gasteiger partial charge in [-0.25, -0.2) is 4.98 Å². The van der Waals surface area contributed by atoms with Crippen LogP contribution in [0.2, 0.25) is 0 Å². The number of hydrogen-bond acceptors (Lipinski definition) is 8. The molecule has 1 fully saturated rings. The Hall–Kier alpha value is -4.06. The van der Waals surface area contributed by atoms with Gasteiger partial charge < -0.3 is 25.0 Å². The Morgan fingerprint density at radius 3 is 2.86 bits per heavy atom. The van der Waals surface area contributed by atoms with E-state index in [0.29, 0.717) is 31.1 Å². The van der Waals surface area contributed by atoms with Gasteiger partial charge in [-0.15, -0.1) is 0 Å². The van der Waals surface area contributed by atoms with E-state index in [9.17, 15) is 14.0 Å². The van der Waals surface area contributed by atoms with Crippen LogP contribution in [0, 0.1) is 13.0 Å². The third kappa shape index (κ3) is 6.98. The quantitative estimate of drug-likeness (QED) is 0.407. The first-order valence-electron chi connectivity index (χ1n) is 11.5. The lowest BCUT2D eigenvalue weighted by Gasteiger charge is -2.17. The van der Waals surface area contributed by atoms with Crippen molar-refractivity contribution in [1.82, 2.24) is 24.6 Å². The van der Waals surface area contributed by atoms with Crippen molar-refractivity contribution in [3.8, 4) is 5.75 Å². The molecule has 4 rings (SSSR count). The molecule has 2 aromatic heterocycles. The Morgan fingerprint density at radius 2 is 2.08 bits per heavy atom. The van der Waals surface area contributed by atoms with E-state index in [2.05, 4.69) is 25.7 Å². The van der Waals surface area contributed by atoms with Gasteiger partial charge in [0.25, 0.3) is 5.91 Å². The lowest BCUT2D eigenvalue weighted by molar-refractivity contribution is -0.131. The minimum Gasteiger partial charge on any atom is -0.492 e. The smallest absolute Gasteiger partial charge is 0.310 e. The molecule has 0 bridgehead atoms. The molecule has 2 atom stereocenters. The minimum atomic E-state index is -0.828. The summed E-state index contributed by atoms with van der Waals surface area (Å²) in [7, 11) is 1.70. The number of hydrogen-bond donors (Lipinski definition) is 2. The molecule has 36 heavy (non-hydrogen) atoms. The molecule has 1 aromatic carbocycles. The summed E-state index contributed by atoms with van der Waals surface area (Å²) in [6.45, 7) is 3.10. The number of rotatable bonds is 10. The monoisotopic (exact) mass is 497 g/mol. The molecular formula is C24H28FN7O4. The predicted molar refractivity (Wildman–Crippen MR) is 129 cm³/mol. The second-order valence-corrected chi connectivity index (χ2v) is 8.50. The van der Waals surface area contributed by atoms with Crippen LogP contribution in [-0.4, -0.2) is 75.4 Å². The van der Waals surface area contributed by atoms with E-state index >= 15 is 0 Å². The van der Waals surface area contributed by atoms with Crippen molar-refractivity contribution < 1.29 is 23.5 Å². The van der Waals surface area contributed by atoms with E-state index in [-0.39, 0.29) is 31.0 Å². The molecule has 0 radical (unpaired) electrons. The molecule has 12 heteroatoms. The number of nitrogens with one attached hydrogen (secondary N) is 2. The highest BCUT2D eigenvalue weighted by Gasteiger charge is 2.31. The molecule has 3 heterocycles. The molecule has 1 aliphatic rings. The van der Waals surface area contributed by atoms with E-state index in [0.717, 1.165) is 11.3 Å². The van der Waals surface area contributed by atoms with Crippen molar-refractivity contribution in [2.24, 2.45) is 0 Å². The van der Waals surface area contributed by atoms with Gasteiger partial charge in [-0.3, -0.25) is 14.3 Å². The lowest BCUT2D eigenvalue weighted by Crippen LogP contribution is -2.33. The average molecular weight is 498 g/mol. The topological polar surface area (TPSA) is 124 Å². The summed E-state index contributed by atoms with van der Waals surface area (Å²) >= 11 is 0. The van der Waals surface area contributed by atoms with Crippen LogP contribution in [-0.2, 0) is 20.9 Å². The van der Waals surface area contributed by atoms with Gasteiger partial charge in [-0.05, 0) is 25.1 Å². The molecule has 1 saturated heterocycles. The van der Waals surface area contributed by atoms with Crippen LogP contribution in [0.4, 0.5) is 15.9 Å². The van der Waals surface area contributed by atoms with Gasteiger partial charge in [0.2, 0.25) is 5.91 Å². The van der Waals surface area contributed by atoms with Crippen LogP contribution >= 0.6 is 0 Å². The number of halogens is 1. The third-order valence-corrected chi connectivity index (χ3v) is 5.61. The normalized spacial score (nSPS) is 17.0. The highest BCUT2D eigenvalue weighted by atomic mass is 19.1. The summed E-state index contributed by atoms with van der Waals surface area (Å²) in [6.07, 6.45) is 3.24. The molecule has 0 spiro atoms. The molecular weight excluding hydrogens is 469 g/mol. The fraction of sp³-hybridized carbons (Fsp3) is 0.375. The number of carbonyl (C=O) groups is 2. The summed E-state index contributed by atoms with van der Waals surface area (Å²) < 4.78 is 25.8. The maximum atomic E-state index is 13.1. The number of anilines is 2. The maximum absolute atomic E-state index is 13.1. The molecule has 1 aliphatic heterocycles. The Labute approximate surface area is 207 Å². The van der Waals surface area contributed by atoms with Crippen LogP contribution in [0.15, 0.2) is 48.9 Å². The Bertz CT molecular complexity index is 1190. The summed E-state index contributed by atoms with van der Waals surface area (Å²) in [5, 5.41) is 9.93. The fourth-order valence-corrected chi connectivity index (χ4v) is 3.59. The zero-order valence-corrected chi connectivity index (χ0v) is 20.1. The van der Waals surface area contributed by atoms with Gasteiger partial charge in [0.05, 0.1) is 31.1 Å². The first-order valence-corrected chi connectivity index (χ1v) is 11.5. The third-order valence-electron chi connectivity index (χ3n) is 5.61. The largest absolute Gasteiger partial charge is 0.492 e. The number of ether oxygens (including phenoxy) is 2. The van der Waals surface area contributed by atoms with Crippen LogP contribution in [0.5, 0.6) is 5.75 Å². The number of aromatic nitrogens is 4. The minimum absolute atomic E-state index is 0.0261. The zero-order valence-electron chi connectivity index (χ0n) is 20.1. The zero-order chi connectivity index (χ0) is 25.5. The van der Waals surface area contributed by atoms with E-state index in [1.54, 1.807) is 24.2 Å². The average Bonchev–Trinajstić information content (AvgIpc) is 3.50. The van der Waals surface area contributed by atoms with Crippen molar-refractivity contribution in [2.75, 3.05) is 37.4 Å². The highest BCUT2D eigenvalue weighted by molar-refractivity contribution is 5.94. The van der Waals surface area contributed by atoms with Crippen molar-refractivity contribution in [2.45, 2.75) is 32.0 Å². The summed E-state index contributed by atoms with van der Waals surface area (Å²) in [5.74, 6) is 0.613. The van der Waals surface area contributed by atoms with Gasteiger partial charge in [0.1, 0.15) is 30.8 Å². The Morgan fingerprint density at radius 1 is 1.28 bits per heavy atom. The van der Waals surface area contributed by atoms with E-state index < -0.39 is 12.2 Å². The van der Waals surface area contributed by atoms with Crippen LogP contribution < -0.4 is 15.4 Å². The Kier molecular flexibility index (Phi) is 8.06. The first-order chi connectivity index (χ1) is 17.4. The molecule has 11 nitrogen and oxygen atoms in total. The molecule has 0 saturated carbocycles. The van der Waals surface area contributed by atoms with Gasteiger partial charge in [0, 0.05) is 25.9 Å². The second kappa shape index (κ2) is 11.6. The standard InChI is InChI=1S/C24H28FN7O4/c1-16-3-5-19(6-4-16)35-10-9-31(2)22(33)14-32-13-18(12-27-32)29-23(34)20-11-17(15-36-20)28-21-7-8-26-24(25)30-21/h3-8,12-13,17,20H,9-11,14-15H2,1-2H3,(H,29,34)(H,26,28,30)/t17-,20+/m1/s1. The first kappa shape index (κ1) is 25.0. The molecule has 0 unspecified atom stereocenters. The molecule has 3 aromatic rings. The summed E-state index contributed by atoms with van der Waals surface area (Å²) in [6, 6.07) is 9.07. The van der Waals surface area contributed by atoms with Gasteiger partial charge in [0.15, 0.2) is 0 Å². The number of likely N-dealkylation sites (N-methyl/N-ethyl adjacent to an activating group) is 1. The van der Waals surface area contributed by atoms with Crippen LogP contribution in [0.3, 0.4) is 0 Å². The second-order valence-electron chi connectivity index (χ2n) is 8.50. The number of amides is 2. The van der Waals surface area contributed by atoms with E-state index in [1.807, 2.05) is 31.2 Å². The predicted octanol–water partition coefficient (Wildman–Crippen LogP) is 1.87. The van der Waals surface area contributed by atoms with Gasteiger partial charge >= 0.3 is 6.08 Å². The molecule has 0 aliphatic carbocycles. The highest BCUT2D eigenvalue weighted by Crippen LogP contribution is 2.19. The van der Waals surface area contributed by atoms with Crippen molar-refractivity contribution in [3.63, 3.8) is 0 Å². The fourth-order valence-electron chi connectivity index (χ4n) is 3.59. The van der Waals surface area contributed by atoms with Gasteiger partial charge in [-0.2, -0.15) is 14.5 Å². The number of aryl methyl sites for hydroxylation is 1.